The molecule has 1 saturated heterocycles. The van der Waals surface area contributed by atoms with E-state index in [4.69, 9.17) is 23.7 Å². The molecule has 0 aliphatic carbocycles. The van der Waals surface area contributed by atoms with Crippen molar-refractivity contribution in [3.05, 3.63) is 60.8 Å². The van der Waals surface area contributed by atoms with Crippen molar-refractivity contribution in [2.45, 2.75) is 366 Å². The van der Waals surface area contributed by atoms with Crippen LogP contribution in [0.1, 0.15) is 329 Å². The van der Waals surface area contributed by atoms with Gasteiger partial charge in [-0.2, -0.15) is 0 Å². The molecule has 0 aromatic rings. The molecular weight excluding hydrogens is 1070 g/mol. The van der Waals surface area contributed by atoms with Crippen LogP contribution in [-0.2, 0) is 42.9 Å². The number of aliphatic hydroxyl groups excluding tert-OH is 2. The maximum Gasteiger partial charge on any atom is 0.335 e. The summed E-state index contributed by atoms with van der Waals surface area (Å²) < 4.78 is 28.6. The molecule has 6 atom stereocenters. The van der Waals surface area contributed by atoms with Gasteiger partial charge in [-0.15, -0.1) is 0 Å². The van der Waals surface area contributed by atoms with Gasteiger partial charge in [0.15, 0.2) is 24.6 Å². The lowest BCUT2D eigenvalue weighted by Gasteiger charge is -2.40. The minimum atomic E-state index is -1.90. The Morgan fingerprint density at radius 2 is 0.741 bits per heavy atom. The minimum absolute atomic E-state index is 0.0629. The number of ether oxygens (including phenoxy) is 5. The number of carboxylic acid groups (broad SMARTS) is 1. The number of carboxylic acids is 1. The summed E-state index contributed by atoms with van der Waals surface area (Å²) >= 11 is 0. The van der Waals surface area contributed by atoms with Gasteiger partial charge in [0.05, 0.1) is 6.61 Å². The van der Waals surface area contributed by atoms with Crippen LogP contribution in [-0.4, -0.2) is 89.2 Å². The molecule has 0 bridgehead atoms. The first-order valence-corrected chi connectivity index (χ1v) is 35.3. The number of allylic oxidation sites excluding steroid dienone is 10. The SMILES string of the molecule is CC/C=C\C/C=C\C/C=C\CCCCCCCCCC(=O)OC(COC(=O)CCCCCCCCCCC/C=C\C/C=C\CCCCC)COC1OC(C(=O)O)C(O)C(O)C1OC(=O)CCCCCCCCCCCCCCCCCCCCC. The second-order valence-corrected chi connectivity index (χ2v) is 24.1. The van der Waals surface area contributed by atoms with E-state index < -0.39 is 67.3 Å². The molecule has 1 aliphatic rings. The van der Waals surface area contributed by atoms with Gasteiger partial charge in [0.2, 0.25) is 0 Å². The predicted octanol–water partition coefficient (Wildman–Crippen LogP) is 19.5. The summed E-state index contributed by atoms with van der Waals surface area (Å²) in [5, 5.41) is 31.7. The lowest BCUT2D eigenvalue weighted by molar-refractivity contribution is -0.301. The molecule has 0 amide bonds. The lowest BCUT2D eigenvalue weighted by atomic mass is 9.98. The first-order chi connectivity index (χ1) is 41.6. The molecule has 0 saturated carbocycles. The average molecular weight is 1200 g/mol. The predicted molar refractivity (Wildman–Crippen MR) is 349 cm³/mol. The second kappa shape index (κ2) is 60.7. The van der Waals surface area contributed by atoms with Crippen LogP contribution in [0, 0.1) is 0 Å². The summed E-state index contributed by atoms with van der Waals surface area (Å²) in [6, 6.07) is 0. The highest BCUT2D eigenvalue weighted by Crippen LogP contribution is 2.27. The first-order valence-electron chi connectivity index (χ1n) is 35.3. The number of aliphatic carboxylic acids is 1. The molecule has 6 unspecified atom stereocenters. The zero-order valence-corrected chi connectivity index (χ0v) is 54.6. The zero-order valence-electron chi connectivity index (χ0n) is 54.6. The molecule has 1 aliphatic heterocycles. The van der Waals surface area contributed by atoms with E-state index in [0.717, 1.165) is 116 Å². The van der Waals surface area contributed by atoms with Crippen LogP contribution in [0.5, 0.6) is 0 Å². The zero-order chi connectivity index (χ0) is 61.7. The molecule has 1 rings (SSSR count). The first kappa shape index (κ1) is 79.4. The van der Waals surface area contributed by atoms with Crippen LogP contribution in [0.25, 0.3) is 0 Å². The number of hydrogen-bond acceptors (Lipinski definition) is 11. The number of esters is 3. The fourth-order valence-corrected chi connectivity index (χ4v) is 10.7. The van der Waals surface area contributed by atoms with Crippen molar-refractivity contribution in [1.29, 1.82) is 0 Å². The Morgan fingerprint density at radius 1 is 0.400 bits per heavy atom. The molecule has 1 heterocycles. The van der Waals surface area contributed by atoms with E-state index in [0.29, 0.717) is 19.3 Å². The average Bonchev–Trinajstić information content (AvgIpc) is 3.53. The molecule has 492 valence electrons. The van der Waals surface area contributed by atoms with Crippen molar-refractivity contribution in [2.24, 2.45) is 0 Å². The van der Waals surface area contributed by atoms with Gasteiger partial charge in [-0.1, -0.05) is 287 Å². The Morgan fingerprint density at radius 3 is 1.15 bits per heavy atom. The molecule has 3 N–H and O–H groups in total. The van der Waals surface area contributed by atoms with Crippen molar-refractivity contribution in [3.8, 4) is 0 Å². The van der Waals surface area contributed by atoms with Gasteiger partial charge in [-0.25, -0.2) is 4.79 Å². The van der Waals surface area contributed by atoms with Gasteiger partial charge < -0.3 is 39.0 Å². The van der Waals surface area contributed by atoms with Gasteiger partial charge in [-0.3, -0.25) is 14.4 Å². The normalized spacial score (nSPS) is 17.8. The Bertz CT molecular complexity index is 1710. The van der Waals surface area contributed by atoms with Gasteiger partial charge in [0.1, 0.15) is 18.8 Å². The topological polar surface area (TPSA) is 175 Å². The van der Waals surface area contributed by atoms with Crippen molar-refractivity contribution < 1.29 is 58.2 Å². The van der Waals surface area contributed by atoms with Gasteiger partial charge in [0.25, 0.3) is 0 Å². The molecule has 0 radical (unpaired) electrons. The van der Waals surface area contributed by atoms with E-state index in [9.17, 15) is 34.5 Å². The third kappa shape index (κ3) is 50.0. The molecule has 0 aromatic heterocycles. The van der Waals surface area contributed by atoms with E-state index >= 15 is 0 Å². The Hall–Kier alpha value is -3.58. The van der Waals surface area contributed by atoms with Crippen LogP contribution >= 0.6 is 0 Å². The maximum absolute atomic E-state index is 13.2. The Kier molecular flexibility index (Phi) is 56.7. The lowest BCUT2D eigenvalue weighted by Crippen LogP contribution is -2.61. The molecule has 85 heavy (non-hydrogen) atoms. The van der Waals surface area contributed by atoms with Crippen molar-refractivity contribution in [1.82, 2.24) is 0 Å². The quantitative estimate of drug-likeness (QED) is 0.0228. The van der Waals surface area contributed by atoms with E-state index in [2.05, 4.69) is 81.5 Å². The number of carbonyl (C=O) groups excluding carboxylic acids is 3. The summed E-state index contributed by atoms with van der Waals surface area (Å²) in [6.45, 7) is 5.91. The van der Waals surface area contributed by atoms with E-state index in [1.54, 1.807) is 0 Å². The Balaban J connectivity index is 2.62. The Labute approximate surface area is 519 Å². The highest BCUT2D eigenvalue weighted by atomic mass is 16.7. The highest BCUT2D eigenvalue weighted by Gasteiger charge is 2.50. The summed E-state index contributed by atoms with van der Waals surface area (Å²) in [6.07, 6.45) is 64.6. The van der Waals surface area contributed by atoms with Crippen LogP contribution in [0.2, 0.25) is 0 Å². The number of carbonyl (C=O) groups is 4. The smallest absolute Gasteiger partial charge is 0.335 e. The molecule has 12 heteroatoms. The summed E-state index contributed by atoms with van der Waals surface area (Å²) in [5.41, 5.74) is 0. The highest BCUT2D eigenvalue weighted by molar-refractivity contribution is 5.74. The fourth-order valence-electron chi connectivity index (χ4n) is 10.7. The van der Waals surface area contributed by atoms with Crippen LogP contribution < -0.4 is 0 Å². The van der Waals surface area contributed by atoms with Crippen LogP contribution in [0.3, 0.4) is 0 Å². The molecule has 0 spiro atoms. The van der Waals surface area contributed by atoms with E-state index in [1.807, 2.05) is 0 Å². The van der Waals surface area contributed by atoms with Crippen LogP contribution in [0.15, 0.2) is 60.8 Å². The number of unbranched alkanes of at least 4 members (excludes halogenated alkanes) is 37. The molecule has 12 nitrogen and oxygen atoms in total. The largest absolute Gasteiger partial charge is 0.479 e. The van der Waals surface area contributed by atoms with Crippen molar-refractivity contribution in [2.75, 3.05) is 13.2 Å². The van der Waals surface area contributed by atoms with Gasteiger partial charge in [-0.05, 0) is 83.5 Å². The molecule has 1 fully saturated rings. The van der Waals surface area contributed by atoms with Crippen LogP contribution in [0.4, 0.5) is 0 Å². The molecule has 0 aromatic carbocycles. The molecular formula is C73H128O12. The summed E-state index contributed by atoms with van der Waals surface area (Å²) in [5.74, 6) is -3.11. The summed E-state index contributed by atoms with van der Waals surface area (Å²) in [4.78, 5) is 51.5. The van der Waals surface area contributed by atoms with E-state index in [1.165, 1.54) is 154 Å². The standard InChI is InChI=1S/C73H128O12/c1-4-7-10-13-16-19-22-25-28-31-33-36-38-41-44-47-50-53-56-59-65(74)81-62-64(83-66(75)60-57-54-51-48-45-42-39-35-30-27-24-21-18-15-12-9-6-3)63-82-73-71(69(78)68(77)70(85-73)72(79)80)84-67(76)61-58-55-52-49-46-43-40-37-34-32-29-26-23-20-17-14-11-8-5-2/h9,12,16,18-19,21,25,27-28,30,64,68-71,73,77-78H,4-8,10-11,13-15,17,20,22-24,26,29,31-63H2,1-3H3,(H,79,80)/b12-9-,19-16-,21-18-,28-25-,30-27-. The minimum Gasteiger partial charge on any atom is -0.479 e. The van der Waals surface area contributed by atoms with Gasteiger partial charge in [0, 0.05) is 19.3 Å². The maximum atomic E-state index is 13.2. The number of aliphatic hydroxyl groups is 2. The van der Waals surface area contributed by atoms with Crippen molar-refractivity contribution in [3.63, 3.8) is 0 Å². The fraction of sp³-hybridized carbons (Fsp3) is 0.808. The second-order valence-electron chi connectivity index (χ2n) is 24.1. The van der Waals surface area contributed by atoms with Crippen molar-refractivity contribution >= 4 is 23.9 Å². The summed E-state index contributed by atoms with van der Waals surface area (Å²) in [7, 11) is 0. The number of hydrogen-bond donors (Lipinski definition) is 3. The van der Waals surface area contributed by atoms with Gasteiger partial charge >= 0.3 is 23.9 Å². The number of rotatable bonds is 61. The third-order valence-corrected chi connectivity index (χ3v) is 16.1. The monoisotopic (exact) mass is 1200 g/mol. The third-order valence-electron chi connectivity index (χ3n) is 16.1. The van der Waals surface area contributed by atoms with E-state index in [-0.39, 0.29) is 25.9 Å².